The highest BCUT2D eigenvalue weighted by atomic mass is 32.2. The number of piperidine rings is 1. The predicted octanol–water partition coefficient (Wildman–Crippen LogP) is 3.75. The smallest absolute Gasteiger partial charge is 0.243 e. The number of hydrogen-bond acceptors (Lipinski definition) is 5. The minimum absolute atomic E-state index is 0.0561. The first kappa shape index (κ1) is 22.4. The number of amides is 1. The Hall–Kier alpha value is -2.78. The van der Waals surface area contributed by atoms with Crippen molar-refractivity contribution in [3.8, 4) is 0 Å². The Balaban J connectivity index is 1.44. The largest absolute Gasteiger partial charge is 0.326 e. The summed E-state index contributed by atoms with van der Waals surface area (Å²) in [6.45, 7) is 6.70. The van der Waals surface area contributed by atoms with E-state index in [1.54, 1.807) is 18.2 Å². The maximum absolute atomic E-state index is 13.2. The molecule has 2 aromatic carbocycles. The Labute approximate surface area is 188 Å². The molecule has 1 aromatic heterocycles. The molecule has 0 aliphatic carbocycles. The van der Waals surface area contributed by atoms with Crippen molar-refractivity contribution in [2.45, 2.75) is 51.0 Å². The Morgan fingerprint density at radius 1 is 1.19 bits per heavy atom. The lowest BCUT2D eigenvalue weighted by atomic mass is 9.97. The second-order valence-corrected chi connectivity index (χ2v) is 10.4. The van der Waals surface area contributed by atoms with Gasteiger partial charge in [-0.05, 0) is 62.9 Å². The highest BCUT2D eigenvalue weighted by Crippen LogP contribution is 2.27. The van der Waals surface area contributed by atoms with Crippen molar-refractivity contribution in [2.24, 2.45) is 5.92 Å². The number of rotatable bonds is 6. The van der Waals surface area contributed by atoms with Gasteiger partial charge in [-0.3, -0.25) is 4.79 Å². The zero-order valence-corrected chi connectivity index (χ0v) is 19.5. The van der Waals surface area contributed by atoms with Gasteiger partial charge in [-0.1, -0.05) is 30.3 Å². The van der Waals surface area contributed by atoms with E-state index < -0.39 is 10.0 Å². The highest BCUT2D eigenvalue weighted by Gasteiger charge is 2.32. The first-order chi connectivity index (χ1) is 15.3. The van der Waals surface area contributed by atoms with E-state index in [-0.39, 0.29) is 22.8 Å². The molecule has 1 N–H and O–H groups in total. The number of carbonyl (C=O) groups is 1. The fourth-order valence-corrected chi connectivity index (χ4v) is 5.53. The number of benzene rings is 2. The number of sulfonamides is 1. The van der Waals surface area contributed by atoms with Gasteiger partial charge >= 0.3 is 0 Å². The van der Waals surface area contributed by atoms with E-state index in [0.717, 1.165) is 23.2 Å². The Bertz CT molecular complexity index is 1230. The summed E-state index contributed by atoms with van der Waals surface area (Å²) in [5.74, 6) is -0.265. The third-order valence-corrected chi connectivity index (χ3v) is 8.21. The third kappa shape index (κ3) is 4.27. The van der Waals surface area contributed by atoms with Crippen LogP contribution in [0.15, 0.2) is 47.4 Å². The van der Waals surface area contributed by atoms with Crippen LogP contribution < -0.4 is 5.32 Å². The molecule has 0 radical (unpaired) electrons. The molecule has 0 saturated carbocycles. The van der Waals surface area contributed by atoms with Crippen molar-refractivity contribution in [3.05, 3.63) is 48.0 Å². The fraction of sp³-hybridized carbons (Fsp3) is 0.435. The summed E-state index contributed by atoms with van der Waals surface area (Å²) in [6, 6.07) is 12.8. The number of nitrogens with one attached hydrogen (secondary N) is 1. The maximum Gasteiger partial charge on any atom is 0.243 e. The van der Waals surface area contributed by atoms with E-state index in [9.17, 15) is 13.2 Å². The summed E-state index contributed by atoms with van der Waals surface area (Å²) in [6.07, 6.45) is 1.89. The van der Waals surface area contributed by atoms with E-state index in [0.29, 0.717) is 31.4 Å². The Morgan fingerprint density at radius 2 is 1.91 bits per heavy atom. The molecule has 170 valence electrons. The van der Waals surface area contributed by atoms with Crippen molar-refractivity contribution in [3.63, 3.8) is 0 Å². The van der Waals surface area contributed by atoms with Gasteiger partial charge in [0.2, 0.25) is 15.9 Å². The number of carbonyl (C=O) groups excluding carboxylic acids is 1. The zero-order chi connectivity index (χ0) is 22.9. The number of anilines is 1. The van der Waals surface area contributed by atoms with E-state index in [1.165, 1.54) is 4.31 Å². The lowest BCUT2D eigenvalue weighted by Gasteiger charge is -2.30. The van der Waals surface area contributed by atoms with Gasteiger partial charge in [-0.2, -0.15) is 4.31 Å². The molecule has 3 aromatic rings. The number of aromatic nitrogens is 3. The molecule has 32 heavy (non-hydrogen) atoms. The van der Waals surface area contributed by atoms with Gasteiger partial charge in [0, 0.05) is 24.7 Å². The molecule has 1 amide bonds. The van der Waals surface area contributed by atoms with Crippen LogP contribution in [0, 0.1) is 12.8 Å². The van der Waals surface area contributed by atoms with Gasteiger partial charge in [0.05, 0.1) is 16.5 Å². The number of para-hydroxylation sites is 1. The van der Waals surface area contributed by atoms with Crippen LogP contribution in [0.25, 0.3) is 11.0 Å². The summed E-state index contributed by atoms with van der Waals surface area (Å²) < 4.78 is 29.7. The van der Waals surface area contributed by atoms with E-state index in [2.05, 4.69) is 29.5 Å². The standard InChI is InChI=1S/C23H29N5O3S/c1-4-17(3)28-22-10-9-19(15-21(22)25-26-28)32(30,31)27-13-11-18(12-14-27)23(29)24-20-8-6-5-7-16(20)2/h5-10,15,17-18H,4,11-14H2,1-3H3,(H,24,29)/t17-/m1/s1. The molecular weight excluding hydrogens is 426 g/mol. The lowest BCUT2D eigenvalue weighted by Crippen LogP contribution is -2.41. The van der Waals surface area contributed by atoms with Crippen molar-refractivity contribution in [1.29, 1.82) is 0 Å². The van der Waals surface area contributed by atoms with Gasteiger partial charge in [-0.25, -0.2) is 13.1 Å². The monoisotopic (exact) mass is 455 g/mol. The SMILES string of the molecule is CC[C@@H](C)n1nnc2cc(S(=O)(=O)N3CCC(C(=O)Nc4ccccc4C)CC3)ccc21. The fourth-order valence-electron chi connectivity index (χ4n) is 4.04. The van der Waals surface area contributed by atoms with Crippen LogP contribution >= 0.6 is 0 Å². The number of nitrogens with zero attached hydrogens (tertiary/aromatic N) is 4. The van der Waals surface area contributed by atoms with E-state index >= 15 is 0 Å². The van der Waals surface area contributed by atoms with Crippen molar-refractivity contribution in [1.82, 2.24) is 19.3 Å². The van der Waals surface area contributed by atoms with Gasteiger partial charge in [0.25, 0.3) is 0 Å². The van der Waals surface area contributed by atoms with E-state index in [4.69, 9.17) is 0 Å². The molecule has 4 rings (SSSR count). The molecule has 9 heteroatoms. The van der Waals surface area contributed by atoms with Gasteiger partial charge in [0.1, 0.15) is 5.52 Å². The molecule has 1 saturated heterocycles. The zero-order valence-electron chi connectivity index (χ0n) is 18.7. The Morgan fingerprint density at radius 3 is 2.59 bits per heavy atom. The summed E-state index contributed by atoms with van der Waals surface area (Å²) in [5, 5.41) is 11.3. The van der Waals surface area contributed by atoms with Crippen LogP contribution in [0.5, 0.6) is 0 Å². The molecule has 1 aliphatic rings. The molecule has 0 bridgehead atoms. The topological polar surface area (TPSA) is 97.2 Å². The first-order valence-electron chi connectivity index (χ1n) is 11.0. The summed E-state index contributed by atoms with van der Waals surface area (Å²) in [4.78, 5) is 12.9. The molecule has 1 fully saturated rings. The average Bonchev–Trinajstić information content (AvgIpc) is 3.23. The number of aryl methyl sites for hydroxylation is 1. The van der Waals surface area contributed by atoms with Crippen LogP contribution in [0.2, 0.25) is 0 Å². The van der Waals surface area contributed by atoms with Crippen LogP contribution in [-0.4, -0.2) is 46.7 Å². The Kier molecular flexibility index (Phi) is 6.30. The second-order valence-electron chi connectivity index (χ2n) is 8.42. The van der Waals surface area contributed by atoms with Crippen molar-refractivity contribution in [2.75, 3.05) is 18.4 Å². The first-order valence-corrected chi connectivity index (χ1v) is 12.5. The lowest BCUT2D eigenvalue weighted by molar-refractivity contribution is -0.120. The van der Waals surface area contributed by atoms with Crippen molar-refractivity contribution >= 4 is 32.7 Å². The summed E-state index contributed by atoms with van der Waals surface area (Å²) >= 11 is 0. The molecule has 0 unspecified atom stereocenters. The normalized spacial score (nSPS) is 16.8. The van der Waals surface area contributed by atoms with Crippen molar-refractivity contribution < 1.29 is 13.2 Å². The molecule has 0 spiro atoms. The van der Waals surface area contributed by atoms with E-state index in [1.807, 2.05) is 35.9 Å². The van der Waals surface area contributed by atoms with Gasteiger partial charge < -0.3 is 5.32 Å². The molecule has 1 atom stereocenters. The third-order valence-electron chi connectivity index (χ3n) is 6.32. The minimum Gasteiger partial charge on any atom is -0.326 e. The molecular formula is C23H29N5O3S. The molecule has 8 nitrogen and oxygen atoms in total. The van der Waals surface area contributed by atoms with Crippen LogP contribution in [-0.2, 0) is 14.8 Å². The quantitative estimate of drug-likeness (QED) is 0.611. The maximum atomic E-state index is 13.2. The molecule has 1 aliphatic heterocycles. The minimum atomic E-state index is -3.66. The van der Waals surface area contributed by atoms with Crippen LogP contribution in [0.4, 0.5) is 5.69 Å². The van der Waals surface area contributed by atoms with Gasteiger partial charge in [0.15, 0.2) is 0 Å². The number of hydrogen-bond donors (Lipinski definition) is 1. The predicted molar refractivity (Wildman–Crippen MR) is 124 cm³/mol. The summed E-state index contributed by atoms with van der Waals surface area (Å²) in [5.41, 5.74) is 3.19. The second kappa shape index (κ2) is 8.99. The summed E-state index contributed by atoms with van der Waals surface area (Å²) in [7, 11) is -3.66. The average molecular weight is 456 g/mol. The number of fused-ring (bicyclic) bond motifs is 1. The van der Waals surface area contributed by atoms with Gasteiger partial charge in [-0.15, -0.1) is 5.10 Å². The van der Waals surface area contributed by atoms with Crippen LogP contribution in [0.1, 0.15) is 44.7 Å². The van der Waals surface area contributed by atoms with Crippen LogP contribution in [0.3, 0.4) is 0 Å². The molecule has 2 heterocycles. The highest BCUT2D eigenvalue weighted by molar-refractivity contribution is 7.89.